The van der Waals surface area contributed by atoms with Crippen molar-refractivity contribution in [2.24, 2.45) is 0 Å². The molecule has 0 unspecified atom stereocenters. The second-order valence-electron chi connectivity index (χ2n) is 7.08. The molecule has 0 amide bonds. The van der Waals surface area contributed by atoms with Crippen LogP contribution in [0.25, 0.3) is 0 Å². The molecule has 2 aromatic heterocycles. The van der Waals surface area contributed by atoms with Crippen molar-refractivity contribution in [2.75, 3.05) is 5.75 Å². The van der Waals surface area contributed by atoms with Gasteiger partial charge in [0.15, 0.2) is 16.7 Å². The monoisotopic (exact) mass is 549 g/mol. The summed E-state index contributed by atoms with van der Waals surface area (Å²) in [4.78, 5) is 24.7. The number of Topliss-reactive ketones (excluding diaryl/α,β-unsaturated/α-hetero) is 2. The molecule has 0 aliphatic rings. The summed E-state index contributed by atoms with van der Waals surface area (Å²) in [5.41, 5.74) is 3.37. The number of ketones is 2. The minimum Gasteiger partial charge on any atom is -0.461 e. The average molecular weight is 551 g/mol. The lowest BCUT2D eigenvalue weighted by molar-refractivity contribution is -0.116. The van der Waals surface area contributed by atoms with Crippen LogP contribution in [0.1, 0.15) is 74.1 Å². The Kier molecular flexibility index (Phi) is 13.7. The highest BCUT2D eigenvalue weighted by atomic mass is 79.9. The summed E-state index contributed by atoms with van der Waals surface area (Å²) in [6.45, 7) is 14.8. The lowest BCUT2D eigenvalue weighted by atomic mass is 10.0. The van der Waals surface area contributed by atoms with E-state index in [0.29, 0.717) is 42.5 Å². The van der Waals surface area contributed by atoms with Crippen molar-refractivity contribution in [3.05, 3.63) is 63.3 Å². The zero-order chi connectivity index (χ0) is 25.7. The van der Waals surface area contributed by atoms with Gasteiger partial charge in [0, 0.05) is 30.3 Å². The molecule has 0 aliphatic heterocycles. The molecule has 0 spiro atoms. The maximum absolute atomic E-state index is 12.5. The van der Waals surface area contributed by atoms with Gasteiger partial charge in [-0.3, -0.25) is 9.59 Å². The van der Waals surface area contributed by atoms with Gasteiger partial charge in [-0.05, 0) is 55.7 Å². The van der Waals surface area contributed by atoms with Gasteiger partial charge < -0.3 is 8.98 Å². The van der Waals surface area contributed by atoms with Crippen molar-refractivity contribution < 1.29 is 14.0 Å². The van der Waals surface area contributed by atoms with Crippen LogP contribution < -0.4 is 0 Å². The van der Waals surface area contributed by atoms with Gasteiger partial charge in [-0.1, -0.05) is 61.5 Å². The Morgan fingerprint density at radius 1 is 1.09 bits per heavy atom. The number of aryl methyl sites for hydroxylation is 3. The predicted molar refractivity (Wildman–Crippen MR) is 143 cm³/mol. The maximum Gasteiger partial charge on any atom is 0.198 e. The molecule has 0 fully saturated rings. The van der Waals surface area contributed by atoms with E-state index in [9.17, 15) is 9.59 Å². The Morgan fingerprint density at radius 3 is 2.38 bits per heavy atom. The molecular weight excluding hydrogens is 514 g/mol. The Balaban J connectivity index is 0.00000137. The van der Waals surface area contributed by atoms with Crippen LogP contribution in [0.4, 0.5) is 0 Å². The lowest BCUT2D eigenvalue weighted by Gasteiger charge is -2.09. The van der Waals surface area contributed by atoms with Crippen molar-refractivity contribution in [3.63, 3.8) is 0 Å². The van der Waals surface area contributed by atoms with Crippen molar-refractivity contribution in [1.29, 1.82) is 0 Å². The maximum atomic E-state index is 12.5. The third-order valence-corrected chi connectivity index (χ3v) is 6.66. The molecule has 0 atom stereocenters. The normalized spacial score (nSPS) is 10.1. The molecule has 0 N–H and O–H groups in total. The summed E-state index contributed by atoms with van der Waals surface area (Å²) in [5.74, 6) is 1.49. The Labute approximate surface area is 216 Å². The van der Waals surface area contributed by atoms with Gasteiger partial charge in [0.2, 0.25) is 0 Å². The van der Waals surface area contributed by atoms with Crippen LogP contribution in [0.15, 0.2) is 44.6 Å². The molecule has 0 bridgehead atoms. The zero-order valence-electron chi connectivity index (χ0n) is 21.3. The topological polar surface area (TPSA) is 78.0 Å². The highest BCUT2D eigenvalue weighted by molar-refractivity contribution is 9.10. The van der Waals surface area contributed by atoms with Crippen molar-refractivity contribution in [2.45, 2.75) is 79.4 Å². The van der Waals surface area contributed by atoms with E-state index in [1.807, 2.05) is 46.1 Å². The van der Waals surface area contributed by atoms with Gasteiger partial charge in [0.25, 0.3) is 0 Å². The minimum absolute atomic E-state index is 0.0611. The standard InChI is InChI=1S/C22H24BrN3O3S.2C2H6/c1-4-26-21(8-7-19(28)20-6-5-9-29-20)24-25-22(26)30-13-17(27)12-16-10-14(2)15(3)11-18(16)23;2*1-2/h5-6,9-11H,4,7-8,12-13H2,1-3H3;2*1-2H3. The molecule has 2 heterocycles. The Bertz CT molecular complexity index is 1050. The predicted octanol–water partition coefficient (Wildman–Crippen LogP) is 7.04. The van der Waals surface area contributed by atoms with Gasteiger partial charge in [-0.2, -0.15) is 0 Å². The van der Waals surface area contributed by atoms with Crippen LogP contribution in [-0.4, -0.2) is 32.1 Å². The SMILES string of the molecule is CC.CC.CCn1c(CCC(=O)c2ccco2)nnc1SCC(=O)Cc1cc(C)c(C)cc1Br. The number of thioether (sulfide) groups is 1. The van der Waals surface area contributed by atoms with Gasteiger partial charge in [-0.25, -0.2) is 0 Å². The quantitative estimate of drug-likeness (QED) is 0.199. The van der Waals surface area contributed by atoms with E-state index in [-0.39, 0.29) is 11.6 Å². The van der Waals surface area contributed by atoms with E-state index in [4.69, 9.17) is 4.42 Å². The number of hydrogen-bond acceptors (Lipinski definition) is 6. The first-order valence-electron chi connectivity index (χ1n) is 11.8. The van der Waals surface area contributed by atoms with Gasteiger partial charge in [0.05, 0.1) is 12.0 Å². The molecule has 3 rings (SSSR count). The second kappa shape index (κ2) is 15.7. The van der Waals surface area contributed by atoms with E-state index in [1.165, 1.54) is 29.2 Å². The molecule has 0 saturated heterocycles. The van der Waals surface area contributed by atoms with Crippen LogP contribution in [-0.2, 0) is 24.2 Å². The average Bonchev–Trinajstić information content (AvgIpc) is 3.52. The van der Waals surface area contributed by atoms with Gasteiger partial charge >= 0.3 is 0 Å². The van der Waals surface area contributed by atoms with Crippen molar-refractivity contribution >= 4 is 39.3 Å². The van der Waals surface area contributed by atoms with Crippen LogP contribution in [0, 0.1) is 13.8 Å². The number of nitrogens with zero attached hydrogens (tertiary/aromatic N) is 3. The molecule has 3 aromatic rings. The number of hydrogen-bond donors (Lipinski definition) is 0. The van der Waals surface area contributed by atoms with E-state index in [1.54, 1.807) is 12.1 Å². The fraction of sp³-hybridized carbons (Fsp3) is 0.462. The van der Waals surface area contributed by atoms with Crippen LogP contribution in [0.3, 0.4) is 0 Å². The molecule has 6 nitrogen and oxygen atoms in total. The van der Waals surface area contributed by atoms with Crippen molar-refractivity contribution in [3.8, 4) is 0 Å². The smallest absolute Gasteiger partial charge is 0.198 e. The summed E-state index contributed by atoms with van der Waals surface area (Å²) in [7, 11) is 0. The second-order valence-corrected chi connectivity index (χ2v) is 8.87. The number of carbonyl (C=O) groups excluding carboxylic acids is 2. The number of aromatic nitrogens is 3. The van der Waals surface area contributed by atoms with Crippen LogP contribution >= 0.6 is 27.7 Å². The minimum atomic E-state index is -0.0611. The summed E-state index contributed by atoms with van der Waals surface area (Å²) < 4.78 is 8.06. The summed E-state index contributed by atoms with van der Waals surface area (Å²) in [5, 5.41) is 9.16. The lowest BCUT2D eigenvalue weighted by Crippen LogP contribution is -2.09. The highest BCUT2D eigenvalue weighted by Crippen LogP contribution is 2.24. The largest absolute Gasteiger partial charge is 0.461 e. The molecule has 186 valence electrons. The molecule has 0 saturated carbocycles. The fourth-order valence-electron chi connectivity index (χ4n) is 3.10. The molecule has 0 aliphatic carbocycles. The summed E-state index contributed by atoms with van der Waals surface area (Å²) in [6, 6.07) is 7.47. The number of carbonyl (C=O) groups is 2. The fourth-order valence-corrected chi connectivity index (χ4v) is 4.58. The van der Waals surface area contributed by atoms with Gasteiger partial charge in [0.1, 0.15) is 11.6 Å². The highest BCUT2D eigenvalue weighted by Gasteiger charge is 2.16. The van der Waals surface area contributed by atoms with E-state index in [0.717, 1.165) is 15.9 Å². The third kappa shape index (κ3) is 8.55. The Hall–Kier alpha value is -2.19. The van der Waals surface area contributed by atoms with Gasteiger partial charge in [-0.15, -0.1) is 10.2 Å². The molecule has 8 heteroatoms. The number of halogens is 1. The van der Waals surface area contributed by atoms with Crippen molar-refractivity contribution in [1.82, 2.24) is 14.8 Å². The van der Waals surface area contributed by atoms with E-state index < -0.39 is 0 Å². The van der Waals surface area contributed by atoms with E-state index >= 15 is 0 Å². The Morgan fingerprint density at radius 2 is 1.76 bits per heavy atom. The molecule has 34 heavy (non-hydrogen) atoms. The number of rotatable bonds is 10. The first-order chi connectivity index (χ1) is 16.4. The number of furan rings is 1. The molecule has 1 aromatic carbocycles. The first kappa shape index (κ1) is 29.8. The first-order valence-corrected chi connectivity index (χ1v) is 13.6. The van der Waals surface area contributed by atoms with Crippen LogP contribution in [0.5, 0.6) is 0 Å². The molecule has 0 radical (unpaired) electrons. The zero-order valence-corrected chi connectivity index (χ0v) is 23.7. The molecular formula is C26H36BrN3O3S. The van der Waals surface area contributed by atoms with Crippen LogP contribution in [0.2, 0.25) is 0 Å². The van der Waals surface area contributed by atoms with E-state index in [2.05, 4.69) is 45.2 Å². The summed E-state index contributed by atoms with van der Waals surface area (Å²) in [6.07, 6.45) is 2.64. The summed E-state index contributed by atoms with van der Waals surface area (Å²) >= 11 is 4.94. The number of benzene rings is 1. The third-order valence-electron chi connectivity index (χ3n) is 4.89.